The van der Waals surface area contributed by atoms with E-state index in [4.69, 9.17) is 9.84 Å². The van der Waals surface area contributed by atoms with E-state index in [1.165, 1.54) is 0 Å². The van der Waals surface area contributed by atoms with Crippen LogP contribution in [0.15, 0.2) is 0 Å². The zero-order valence-electron chi connectivity index (χ0n) is 3.60. The summed E-state index contributed by atoms with van der Waals surface area (Å²) >= 11 is 6.12. The predicted octanol–water partition coefficient (Wildman–Crippen LogP) is 1.07. The van der Waals surface area contributed by atoms with Gasteiger partial charge in [0.1, 0.15) is 0 Å². The maximum absolute atomic E-state index is 8.15. The van der Waals surface area contributed by atoms with Crippen molar-refractivity contribution in [2.75, 3.05) is 13.2 Å². The number of hydrogen-bond donors (Lipinski definition) is 1. The number of aliphatic hydroxyl groups is 1. The van der Waals surface area contributed by atoms with Gasteiger partial charge >= 0.3 is 0 Å². The number of ether oxygens (including phenoxy) is 1. The summed E-state index contributed by atoms with van der Waals surface area (Å²) in [6.45, 7) is 0.425. The molecular formula is C3H6Br2O2. The van der Waals surface area contributed by atoms with Gasteiger partial charge in [0, 0.05) is 0 Å². The van der Waals surface area contributed by atoms with Gasteiger partial charge in [-0.05, 0) is 31.9 Å². The average molecular weight is 234 g/mol. The van der Waals surface area contributed by atoms with Crippen molar-refractivity contribution in [3.05, 3.63) is 0 Å². The molecule has 2 nitrogen and oxygen atoms in total. The predicted molar refractivity (Wildman–Crippen MR) is 34.7 cm³/mol. The van der Waals surface area contributed by atoms with E-state index in [0.717, 1.165) is 0 Å². The Morgan fingerprint density at radius 1 is 1.57 bits per heavy atom. The van der Waals surface area contributed by atoms with Gasteiger partial charge in [0.25, 0.3) is 0 Å². The van der Waals surface area contributed by atoms with Crippen molar-refractivity contribution < 1.29 is 9.84 Å². The number of rotatable bonds is 3. The second-order valence-electron chi connectivity index (χ2n) is 0.855. The van der Waals surface area contributed by atoms with E-state index in [1.807, 2.05) is 0 Å². The summed E-state index contributed by atoms with van der Waals surface area (Å²) in [7, 11) is 0. The highest BCUT2D eigenvalue weighted by molar-refractivity contribution is 9.24. The third kappa shape index (κ3) is 6.88. The standard InChI is InChI=1S/C3H6Br2O2/c4-3(5)7-2-1-6/h3,6H,1-2H2. The molecule has 0 aliphatic rings. The second-order valence-corrected chi connectivity index (χ2v) is 3.75. The van der Waals surface area contributed by atoms with Crippen LogP contribution >= 0.6 is 31.9 Å². The molecule has 0 heterocycles. The Kier molecular flexibility index (Phi) is 5.66. The lowest BCUT2D eigenvalue weighted by atomic mass is 10.8. The quantitative estimate of drug-likeness (QED) is 0.740. The zero-order chi connectivity index (χ0) is 5.70. The molecule has 0 aromatic heterocycles. The largest absolute Gasteiger partial charge is 0.394 e. The third-order valence-electron chi connectivity index (χ3n) is 0.335. The van der Waals surface area contributed by atoms with E-state index in [0.29, 0.717) is 6.61 Å². The van der Waals surface area contributed by atoms with Gasteiger partial charge in [-0.2, -0.15) is 0 Å². The number of aliphatic hydroxyl groups excluding tert-OH is 1. The van der Waals surface area contributed by atoms with Crippen LogP contribution in [0.3, 0.4) is 0 Å². The van der Waals surface area contributed by atoms with Crippen LogP contribution in [-0.2, 0) is 4.74 Å². The Labute approximate surface area is 59.1 Å². The lowest BCUT2D eigenvalue weighted by Crippen LogP contribution is -2.00. The number of alkyl halides is 2. The molecule has 0 radical (unpaired) electrons. The van der Waals surface area contributed by atoms with E-state index in [-0.39, 0.29) is 10.5 Å². The minimum atomic E-state index is -0.132. The van der Waals surface area contributed by atoms with Gasteiger partial charge in [-0.15, -0.1) is 0 Å². The molecule has 0 amide bonds. The fraction of sp³-hybridized carbons (Fsp3) is 1.00. The smallest absolute Gasteiger partial charge is 0.167 e. The van der Waals surface area contributed by atoms with Gasteiger partial charge in [-0.25, -0.2) is 0 Å². The molecule has 4 heteroatoms. The first-order valence-corrected chi connectivity index (χ1v) is 3.61. The van der Waals surface area contributed by atoms with Crippen molar-refractivity contribution >= 4 is 31.9 Å². The topological polar surface area (TPSA) is 29.5 Å². The SMILES string of the molecule is OCCOC(Br)Br. The summed E-state index contributed by atoms with van der Waals surface area (Å²) in [5.74, 6) is 0. The third-order valence-corrected chi connectivity index (χ3v) is 0.864. The molecule has 0 aliphatic carbocycles. The van der Waals surface area contributed by atoms with Crippen molar-refractivity contribution in [3.63, 3.8) is 0 Å². The van der Waals surface area contributed by atoms with Crippen LogP contribution in [-0.4, -0.2) is 22.2 Å². The molecule has 0 saturated heterocycles. The molecule has 0 spiro atoms. The summed E-state index contributed by atoms with van der Waals surface area (Å²) in [5, 5.41) is 8.15. The summed E-state index contributed by atoms with van der Waals surface area (Å²) in [6, 6.07) is 0. The van der Waals surface area contributed by atoms with Crippen LogP contribution < -0.4 is 0 Å². The van der Waals surface area contributed by atoms with E-state index in [1.54, 1.807) is 0 Å². The average Bonchev–Trinajstić information content (AvgIpc) is 1.61. The molecule has 0 aromatic rings. The fourth-order valence-electron chi connectivity index (χ4n) is 0.142. The Hall–Kier alpha value is 0.880. The zero-order valence-corrected chi connectivity index (χ0v) is 6.77. The van der Waals surface area contributed by atoms with E-state index in [9.17, 15) is 0 Å². The minimum Gasteiger partial charge on any atom is -0.394 e. The van der Waals surface area contributed by atoms with Crippen molar-refractivity contribution in [3.8, 4) is 0 Å². The highest BCUT2D eigenvalue weighted by atomic mass is 79.9. The van der Waals surface area contributed by atoms with Gasteiger partial charge in [0.15, 0.2) is 3.92 Å². The number of hydrogen-bond acceptors (Lipinski definition) is 2. The molecule has 7 heavy (non-hydrogen) atoms. The van der Waals surface area contributed by atoms with Crippen LogP contribution in [0, 0.1) is 0 Å². The molecule has 0 bridgehead atoms. The van der Waals surface area contributed by atoms with E-state index >= 15 is 0 Å². The molecule has 0 saturated carbocycles. The maximum atomic E-state index is 8.15. The highest BCUT2D eigenvalue weighted by Crippen LogP contribution is 2.07. The van der Waals surface area contributed by atoms with Crippen molar-refractivity contribution in [2.24, 2.45) is 0 Å². The molecular weight excluding hydrogens is 228 g/mol. The van der Waals surface area contributed by atoms with Gasteiger partial charge < -0.3 is 9.84 Å². The Balaban J connectivity index is 2.68. The van der Waals surface area contributed by atoms with Crippen LogP contribution in [0.25, 0.3) is 0 Å². The lowest BCUT2D eigenvalue weighted by Gasteiger charge is -1.98. The van der Waals surface area contributed by atoms with E-state index < -0.39 is 0 Å². The minimum absolute atomic E-state index is 0.0632. The summed E-state index contributed by atoms with van der Waals surface area (Å²) in [5.41, 5.74) is 0. The summed E-state index contributed by atoms with van der Waals surface area (Å²) in [6.07, 6.45) is 0. The number of halogens is 2. The van der Waals surface area contributed by atoms with Crippen LogP contribution in [0.1, 0.15) is 0 Å². The van der Waals surface area contributed by atoms with Crippen molar-refractivity contribution in [1.29, 1.82) is 0 Å². The molecule has 0 unspecified atom stereocenters. The first kappa shape index (κ1) is 7.88. The van der Waals surface area contributed by atoms with Crippen LogP contribution in [0.2, 0.25) is 0 Å². The molecule has 0 rings (SSSR count). The highest BCUT2D eigenvalue weighted by Gasteiger charge is 1.92. The van der Waals surface area contributed by atoms with Gasteiger partial charge in [-0.3, -0.25) is 0 Å². The van der Waals surface area contributed by atoms with Crippen LogP contribution in [0.4, 0.5) is 0 Å². The Morgan fingerprint density at radius 2 is 2.14 bits per heavy atom. The summed E-state index contributed by atoms with van der Waals surface area (Å²) < 4.78 is 4.64. The monoisotopic (exact) mass is 232 g/mol. The molecule has 1 N–H and O–H groups in total. The first-order valence-electron chi connectivity index (χ1n) is 1.78. The van der Waals surface area contributed by atoms with Gasteiger partial charge in [0.2, 0.25) is 0 Å². The van der Waals surface area contributed by atoms with Gasteiger partial charge in [0.05, 0.1) is 13.2 Å². The molecule has 0 aromatic carbocycles. The second kappa shape index (κ2) is 5.03. The molecule has 0 aliphatic heterocycles. The lowest BCUT2D eigenvalue weighted by molar-refractivity contribution is 0.117. The molecule has 0 atom stereocenters. The van der Waals surface area contributed by atoms with Gasteiger partial charge in [-0.1, -0.05) is 0 Å². The van der Waals surface area contributed by atoms with E-state index in [2.05, 4.69) is 31.9 Å². The maximum Gasteiger partial charge on any atom is 0.167 e. The summed E-state index contributed by atoms with van der Waals surface area (Å²) in [4.78, 5) is 0. The Bertz CT molecular complexity index is 39.9. The van der Waals surface area contributed by atoms with Crippen molar-refractivity contribution in [2.45, 2.75) is 3.92 Å². The normalized spacial score (nSPS) is 10.3. The Morgan fingerprint density at radius 3 is 2.29 bits per heavy atom. The molecule has 44 valence electrons. The fourth-order valence-corrected chi connectivity index (χ4v) is 0.516. The van der Waals surface area contributed by atoms with Crippen molar-refractivity contribution in [1.82, 2.24) is 0 Å². The first-order chi connectivity index (χ1) is 3.27. The van der Waals surface area contributed by atoms with Crippen LogP contribution in [0.5, 0.6) is 0 Å². The molecule has 0 fully saturated rings.